The molecule has 1 aliphatic heterocycles. The third kappa shape index (κ3) is 2.15. The van der Waals surface area contributed by atoms with Crippen molar-refractivity contribution < 1.29 is 9.18 Å². The van der Waals surface area contributed by atoms with Crippen LogP contribution in [0.4, 0.5) is 4.39 Å². The van der Waals surface area contributed by atoms with Crippen LogP contribution in [0.3, 0.4) is 0 Å². The number of halogens is 1. The number of thiocarbonyl (C=S) groups is 1. The van der Waals surface area contributed by atoms with Crippen LogP contribution in [0.1, 0.15) is 11.1 Å². The molecule has 1 aromatic carbocycles. The second-order valence-corrected chi connectivity index (χ2v) is 5.05. The number of benzene rings is 1. The quantitative estimate of drug-likeness (QED) is 0.616. The molecular weight excluding hydrogens is 245 g/mol. The third-order valence-corrected chi connectivity index (χ3v) is 3.31. The predicted molar refractivity (Wildman–Crippen MR) is 67.4 cm³/mol. The van der Waals surface area contributed by atoms with E-state index in [0.717, 1.165) is 11.8 Å². The smallest absolute Gasteiger partial charge is 0.263 e. The van der Waals surface area contributed by atoms with Crippen molar-refractivity contribution in [1.82, 2.24) is 5.32 Å². The molecule has 1 saturated heterocycles. The Morgan fingerprint density at radius 2 is 2.25 bits per heavy atom. The molecule has 2 rings (SSSR count). The van der Waals surface area contributed by atoms with Gasteiger partial charge in [0.2, 0.25) is 0 Å². The van der Waals surface area contributed by atoms with Crippen LogP contribution in [0.5, 0.6) is 0 Å². The second kappa shape index (κ2) is 4.35. The van der Waals surface area contributed by atoms with Crippen LogP contribution in [-0.2, 0) is 4.79 Å². The Balaban J connectivity index is 2.40. The predicted octanol–water partition coefficient (Wildman–Crippen LogP) is 2.62. The van der Waals surface area contributed by atoms with Crippen molar-refractivity contribution in [3.8, 4) is 0 Å². The summed E-state index contributed by atoms with van der Waals surface area (Å²) in [4.78, 5) is 11.8. The summed E-state index contributed by atoms with van der Waals surface area (Å²) in [6, 6.07) is 5.06. The highest BCUT2D eigenvalue weighted by Crippen LogP contribution is 2.27. The first-order chi connectivity index (χ1) is 7.58. The number of hydrogen-bond acceptors (Lipinski definition) is 3. The molecule has 0 bridgehead atoms. The Hall–Kier alpha value is -1.20. The summed E-state index contributed by atoms with van der Waals surface area (Å²) in [7, 11) is 0. The summed E-state index contributed by atoms with van der Waals surface area (Å²) in [5.74, 6) is -0.572. The largest absolute Gasteiger partial charge is 0.307 e. The maximum Gasteiger partial charge on any atom is 0.263 e. The van der Waals surface area contributed by atoms with E-state index >= 15 is 0 Å². The van der Waals surface area contributed by atoms with Gasteiger partial charge in [-0.15, -0.1) is 0 Å². The van der Waals surface area contributed by atoms with E-state index in [1.165, 1.54) is 6.08 Å². The maximum absolute atomic E-state index is 13.7. The number of amides is 1. The summed E-state index contributed by atoms with van der Waals surface area (Å²) >= 11 is 5.99. The molecule has 1 aliphatic rings. The Morgan fingerprint density at radius 3 is 2.88 bits per heavy atom. The Labute approximate surface area is 102 Å². The zero-order chi connectivity index (χ0) is 11.7. The Bertz CT molecular complexity index is 511. The summed E-state index contributed by atoms with van der Waals surface area (Å²) in [5, 5.41) is 2.49. The van der Waals surface area contributed by atoms with Gasteiger partial charge >= 0.3 is 0 Å². The number of aryl methyl sites for hydroxylation is 1. The monoisotopic (exact) mass is 253 g/mol. The van der Waals surface area contributed by atoms with Crippen molar-refractivity contribution in [3.05, 3.63) is 40.0 Å². The van der Waals surface area contributed by atoms with Gasteiger partial charge in [0.25, 0.3) is 5.91 Å². The van der Waals surface area contributed by atoms with Crippen molar-refractivity contribution >= 4 is 40.3 Å². The minimum Gasteiger partial charge on any atom is -0.307 e. The highest BCUT2D eigenvalue weighted by Gasteiger charge is 2.22. The number of hydrogen-bond donors (Lipinski definition) is 1. The molecule has 0 aliphatic carbocycles. The fourth-order valence-electron chi connectivity index (χ4n) is 1.34. The van der Waals surface area contributed by atoms with E-state index in [-0.39, 0.29) is 11.7 Å². The average molecular weight is 253 g/mol. The lowest BCUT2D eigenvalue weighted by Crippen LogP contribution is -2.17. The molecule has 0 spiro atoms. The van der Waals surface area contributed by atoms with Crippen molar-refractivity contribution in [2.45, 2.75) is 6.92 Å². The zero-order valence-electron chi connectivity index (χ0n) is 8.41. The van der Waals surface area contributed by atoms with Crippen LogP contribution in [0, 0.1) is 12.7 Å². The molecular formula is C11H8FNOS2. The molecule has 1 aromatic rings. The lowest BCUT2D eigenvalue weighted by atomic mass is 10.1. The Morgan fingerprint density at radius 1 is 1.50 bits per heavy atom. The average Bonchev–Trinajstić information content (AvgIpc) is 2.53. The lowest BCUT2D eigenvalue weighted by molar-refractivity contribution is -0.115. The van der Waals surface area contributed by atoms with Crippen LogP contribution in [-0.4, -0.2) is 10.2 Å². The summed E-state index contributed by atoms with van der Waals surface area (Å²) in [6.45, 7) is 1.68. The molecule has 0 atom stereocenters. The molecule has 0 saturated carbocycles. The van der Waals surface area contributed by atoms with Crippen LogP contribution < -0.4 is 5.32 Å². The van der Waals surface area contributed by atoms with Gasteiger partial charge in [0.15, 0.2) is 0 Å². The first-order valence-corrected chi connectivity index (χ1v) is 5.80. The van der Waals surface area contributed by atoms with Gasteiger partial charge < -0.3 is 5.32 Å². The number of carbonyl (C=O) groups excluding carboxylic acids is 1. The molecule has 1 N–H and O–H groups in total. The van der Waals surface area contributed by atoms with Crippen LogP contribution >= 0.6 is 24.0 Å². The highest BCUT2D eigenvalue weighted by molar-refractivity contribution is 8.26. The molecule has 16 heavy (non-hydrogen) atoms. The zero-order valence-corrected chi connectivity index (χ0v) is 10.0. The van der Waals surface area contributed by atoms with Crippen molar-refractivity contribution in [2.75, 3.05) is 0 Å². The van der Waals surface area contributed by atoms with E-state index in [9.17, 15) is 9.18 Å². The van der Waals surface area contributed by atoms with Crippen LogP contribution in [0.15, 0.2) is 23.1 Å². The minimum absolute atomic E-state index is 0.268. The van der Waals surface area contributed by atoms with Crippen LogP contribution in [0.2, 0.25) is 0 Å². The number of thioether (sulfide) groups is 1. The second-order valence-electron chi connectivity index (χ2n) is 3.33. The first-order valence-electron chi connectivity index (χ1n) is 4.58. The molecule has 82 valence electrons. The summed E-state index contributed by atoms with van der Waals surface area (Å²) in [5.41, 5.74) is 0.961. The molecule has 1 heterocycles. The summed E-state index contributed by atoms with van der Waals surface area (Å²) in [6.07, 6.45) is 1.52. The fraction of sp³-hybridized carbons (Fsp3) is 0.0909. The standard InChI is InChI=1S/C11H8FNOS2/c1-6-3-2-4-7(9(6)12)5-8-10(14)13-11(15)16-8/h2-5H,1H3,(H,13,14,15). The van der Waals surface area contributed by atoms with E-state index in [2.05, 4.69) is 5.32 Å². The molecule has 1 amide bonds. The van der Waals surface area contributed by atoms with E-state index in [0.29, 0.717) is 20.4 Å². The lowest BCUT2D eigenvalue weighted by Gasteiger charge is -2.00. The normalized spacial score (nSPS) is 18.0. The number of rotatable bonds is 1. The maximum atomic E-state index is 13.7. The van der Waals surface area contributed by atoms with E-state index < -0.39 is 0 Å². The van der Waals surface area contributed by atoms with Crippen LogP contribution in [0.25, 0.3) is 6.08 Å². The van der Waals surface area contributed by atoms with Gasteiger partial charge in [-0.1, -0.05) is 42.2 Å². The van der Waals surface area contributed by atoms with Crippen molar-refractivity contribution in [1.29, 1.82) is 0 Å². The molecule has 0 unspecified atom stereocenters. The van der Waals surface area contributed by atoms with E-state index in [1.54, 1.807) is 25.1 Å². The van der Waals surface area contributed by atoms with Crippen molar-refractivity contribution in [2.24, 2.45) is 0 Å². The Kier molecular flexibility index (Phi) is 3.07. The minimum atomic E-state index is -0.304. The number of nitrogens with one attached hydrogen (secondary N) is 1. The van der Waals surface area contributed by atoms with Gasteiger partial charge in [-0.25, -0.2) is 4.39 Å². The van der Waals surface area contributed by atoms with Gasteiger partial charge in [-0.05, 0) is 18.6 Å². The first kappa shape index (κ1) is 11.3. The van der Waals surface area contributed by atoms with Gasteiger partial charge in [0.05, 0.1) is 4.91 Å². The summed E-state index contributed by atoms with van der Waals surface area (Å²) < 4.78 is 14.1. The van der Waals surface area contributed by atoms with Crippen molar-refractivity contribution in [3.63, 3.8) is 0 Å². The molecule has 2 nitrogen and oxygen atoms in total. The highest BCUT2D eigenvalue weighted by atomic mass is 32.2. The van der Waals surface area contributed by atoms with E-state index in [1.807, 2.05) is 0 Å². The fourth-order valence-corrected chi connectivity index (χ4v) is 2.38. The molecule has 1 fully saturated rings. The molecule has 5 heteroatoms. The number of carbonyl (C=O) groups is 1. The molecule has 0 aromatic heterocycles. The van der Waals surface area contributed by atoms with Gasteiger partial charge in [0.1, 0.15) is 10.1 Å². The topological polar surface area (TPSA) is 29.1 Å². The molecule has 0 radical (unpaired) electrons. The van der Waals surface area contributed by atoms with E-state index in [4.69, 9.17) is 12.2 Å². The van der Waals surface area contributed by atoms with Gasteiger partial charge in [-0.2, -0.15) is 0 Å². The third-order valence-electron chi connectivity index (χ3n) is 2.15. The van der Waals surface area contributed by atoms with Gasteiger partial charge in [0, 0.05) is 5.56 Å². The SMILES string of the molecule is Cc1cccc(C=C2SC(=S)NC2=O)c1F. The van der Waals surface area contributed by atoms with Gasteiger partial charge in [-0.3, -0.25) is 4.79 Å².